The van der Waals surface area contributed by atoms with Gasteiger partial charge in [-0.25, -0.2) is 4.98 Å². The number of aromatic nitrogens is 4. The molecule has 0 saturated carbocycles. The van der Waals surface area contributed by atoms with Crippen LogP contribution in [0.2, 0.25) is 0 Å². The summed E-state index contributed by atoms with van der Waals surface area (Å²) >= 11 is 0. The van der Waals surface area contributed by atoms with Crippen LogP contribution < -0.4 is 9.30 Å². The van der Waals surface area contributed by atoms with E-state index in [0.717, 1.165) is 38.8 Å². The molecule has 0 radical (unpaired) electrons. The summed E-state index contributed by atoms with van der Waals surface area (Å²) in [7, 11) is 0. The number of para-hydroxylation sites is 3. The third kappa shape index (κ3) is 8.58. The average Bonchev–Trinajstić information content (AvgIpc) is 4.18. The second kappa shape index (κ2) is 18.5. The minimum atomic E-state index is -0.573. The molecule has 6 heteroatoms. The largest absolute Gasteiger partial charge is 0.510 e. The van der Waals surface area contributed by atoms with E-state index in [1.165, 1.54) is 11.1 Å². The standard InChI is InChI=1S/C64H54N4O.Pt/c1-43(63(2,3)4)54-40-61(65-41-56(54)46-25-15-10-16-26-46)68-57-36-33-47(64(5,6)7)37-55(57)53-35-34-50(39-60(53)68)69-49-28-19-27-48(38-49)66-42-67(59-32-18-17-31-58(59)66)62-51(44-21-11-8-12-22-44)29-20-30-52(62)45-23-13-9-14-24-45;/h8-37,40-41,43H,1-7H3;/q-2;/i8D,9D,11D,12D,13D,14D,21D,22D,23D,24D;. The molecule has 11 aromatic rings. The number of hydrogen-bond acceptors (Lipinski definition) is 2. The zero-order chi connectivity index (χ0) is 56.1. The van der Waals surface area contributed by atoms with Crippen molar-refractivity contribution in [2.75, 3.05) is 0 Å². The van der Waals surface area contributed by atoms with Crippen LogP contribution in [-0.2, 0) is 26.5 Å². The normalized spacial score (nSPS) is 14.3. The molecule has 0 spiro atoms. The van der Waals surface area contributed by atoms with Crippen LogP contribution >= 0.6 is 0 Å². The third-order valence-electron chi connectivity index (χ3n) is 13.1. The van der Waals surface area contributed by atoms with Gasteiger partial charge >= 0.3 is 0 Å². The third-order valence-corrected chi connectivity index (χ3v) is 13.1. The maximum absolute atomic E-state index is 9.06. The van der Waals surface area contributed by atoms with Gasteiger partial charge in [0.1, 0.15) is 5.82 Å². The summed E-state index contributed by atoms with van der Waals surface area (Å²) in [6.45, 7) is 15.7. The fraction of sp³-hybridized carbons (Fsp3) is 0.156. The second-order valence-electron chi connectivity index (χ2n) is 19.4. The van der Waals surface area contributed by atoms with Crippen molar-refractivity contribution in [1.29, 1.82) is 0 Å². The Labute approximate surface area is 440 Å². The monoisotopic (exact) mass is 1100 g/mol. The molecule has 11 rings (SSSR count). The van der Waals surface area contributed by atoms with Crippen molar-refractivity contribution in [1.82, 2.24) is 14.1 Å². The van der Waals surface area contributed by atoms with Crippen LogP contribution in [0.5, 0.6) is 11.5 Å². The van der Waals surface area contributed by atoms with Crippen molar-refractivity contribution in [2.45, 2.75) is 59.8 Å². The number of pyridine rings is 1. The Balaban J connectivity index is 0.00000720. The van der Waals surface area contributed by atoms with Crippen LogP contribution in [0.4, 0.5) is 0 Å². The zero-order valence-corrected chi connectivity index (χ0v) is 42.1. The summed E-state index contributed by atoms with van der Waals surface area (Å²) in [5.74, 6) is 1.70. The van der Waals surface area contributed by atoms with Crippen LogP contribution in [0.25, 0.3) is 83.4 Å². The molecule has 8 aromatic carbocycles. The van der Waals surface area contributed by atoms with Gasteiger partial charge in [-0.3, -0.25) is 4.57 Å². The molecule has 0 aliphatic heterocycles. The summed E-state index contributed by atoms with van der Waals surface area (Å²) in [6.07, 6.45) is 5.42. The van der Waals surface area contributed by atoms with Crippen molar-refractivity contribution < 1.29 is 44.1 Å². The van der Waals surface area contributed by atoms with E-state index in [2.05, 4.69) is 126 Å². The Morgan fingerprint density at radius 3 is 1.96 bits per heavy atom. The van der Waals surface area contributed by atoms with E-state index in [1.807, 2.05) is 54.7 Å². The number of rotatable bonds is 9. The molecule has 0 saturated heterocycles. The molecule has 0 aliphatic rings. The topological polar surface area (TPSA) is 35.9 Å². The molecular formula is C64H54N4OPt-2. The quantitative estimate of drug-likeness (QED) is 0.107. The summed E-state index contributed by atoms with van der Waals surface area (Å²) in [5, 5.41) is 2.04. The fourth-order valence-electron chi connectivity index (χ4n) is 9.06. The number of hydrogen-bond donors (Lipinski definition) is 0. The Morgan fingerprint density at radius 1 is 0.614 bits per heavy atom. The molecule has 1 unspecified atom stereocenters. The van der Waals surface area contributed by atoms with E-state index in [0.29, 0.717) is 28.2 Å². The zero-order valence-electron chi connectivity index (χ0n) is 49.8. The first-order valence-corrected chi connectivity index (χ1v) is 23.0. The van der Waals surface area contributed by atoms with Gasteiger partial charge in [0.2, 0.25) is 0 Å². The van der Waals surface area contributed by atoms with E-state index < -0.39 is 60.4 Å². The van der Waals surface area contributed by atoms with E-state index >= 15 is 0 Å². The van der Waals surface area contributed by atoms with E-state index in [-0.39, 0.29) is 65.8 Å². The maximum Gasteiger partial charge on any atom is 0.268 e. The SMILES string of the molecule is [2H]c1c([2H])c([2H])c(-c2cccc(-c3c([2H])c([2H])c([2H])c([2H])c3[2H])c2-[n+]2[c-]n(-c3[c-]c(Oc4[c-]c5c(cc4)c4cc(C(C)(C)C)ccc4n5-c4cc(C(C)C(C)(C)C)c(-c5ccccc5)cn4)ccc3)c3ccccc32)c([2H])c1[2H].[Pt]. The van der Waals surface area contributed by atoms with Crippen LogP contribution in [0.1, 0.15) is 79.2 Å². The van der Waals surface area contributed by atoms with Gasteiger partial charge in [-0.1, -0.05) is 199 Å². The maximum atomic E-state index is 9.06. The first-order valence-electron chi connectivity index (χ1n) is 28.0. The second-order valence-corrected chi connectivity index (χ2v) is 19.4. The fourth-order valence-corrected chi connectivity index (χ4v) is 9.06. The number of nitrogens with zero attached hydrogens (tertiary/aromatic N) is 4. The molecular weight excluding hydrogens is 1040 g/mol. The van der Waals surface area contributed by atoms with E-state index in [1.54, 1.807) is 33.4 Å². The first-order chi connectivity index (χ1) is 37.5. The predicted octanol–water partition coefficient (Wildman–Crippen LogP) is 16.0. The van der Waals surface area contributed by atoms with Crippen LogP contribution in [0, 0.1) is 23.9 Å². The van der Waals surface area contributed by atoms with Crippen LogP contribution in [0.3, 0.4) is 0 Å². The molecule has 0 fully saturated rings. The van der Waals surface area contributed by atoms with Gasteiger partial charge in [-0.2, -0.15) is 18.2 Å². The van der Waals surface area contributed by atoms with Crippen molar-refractivity contribution in [3.63, 3.8) is 0 Å². The molecule has 3 heterocycles. The summed E-state index contributed by atoms with van der Waals surface area (Å²) in [6, 6.07) is 42.5. The van der Waals surface area contributed by atoms with Crippen molar-refractivity contribution in [2.24, 2.45) is 5.41 Å². The van der Waals surface area contributed by atoms with Crippen molar-refractivity contribution in [3.05, 3.63) is 224 Å². The van der Waals surface area contributed by atoms with Crippen LogP contribution in [0.15, 0.2) is 194 Å². The van der Waals surface area contributed by atoms with Gasteiger partial charge in [-0.15, -0.1) is 29.7 Å². The Hall–Kier alpha value is -7.33. The van der Waals surface area contributed by atoms with Gasteiger partial charge in [0.05, 0.1) is 30.4 Å². The first kappa shape index (κ1) is 35.7. The smallest absolute Gasteiger partial charge is 0.268 e. The van der Waals surface area contributed by atoms with Crippen molar-refractivity contribution in [3.8, 4) is 62.1 Å². The minimum Gasteiger partial charge on any atom is -0.510 e. The number of ether oxygens (including phenoxy) is 1. The predicted molar refractivity (Wildman–Crippen MR) is 283 cm³/mol. The molecule has 0 N–H and O–H groups in total. The van der Waals surface area contributed by atoms with Gasteiger partial charge in [0, 0.05) is 49.8 Å². The van der Waals surface area contributed by atoms with E-state index in [9.17, 15) is 0 Å². The van der Waals surface area contributed by atoms with Crippen molar-refractivity contribution >= 4 is 32.8 Å². The average molecular weight is 1100 g/mol. The van der Waals surface area contributed by atoms with Gasteiger partial charge in [0.25, 0.3) is 6.33 Å². The van der Waals surface area contributed by atoms with Gasteiger partial charge < -0.3 is 13.9 Å². The summed E-state index contributed by atoms with van der Waals surface area (Å²) in [4.78, 5) is 5.19. The Bertz CT molecular complexity index is 4150. The molecule has 5 nitrogen and oxygen atoms in total. The molecule has 0 amide bonds. The van der Waals surface area contributed by atoms with Gasteiger partial charge in [0.15, 0.2) is 0 Å². The molecule has 348 valence electrons. The molecule has 70 heavy (non-hydrogen) atoms. The molecule has 3 aromatic heterocycles. The Morgan fingerprint density at radius 2 is 1.27 bits per heavy atom. The number of fused-ring (bicyclic) bond motifs is 4. The van der Waals surface area contributed by atoms with Crippen LogP contribution in [-0.4, -0.2) is 14.1 Å². The summed E-state index contributed by atoms with van der Waals surface area (Å²) in [5.41, 5.74) is 7.95. The Kier molecular flexibility index (Phi) is 9.46. The number of imidazole rings is 1. The number of benzene rings is 8. The minimum absolute atomic E-state index is 0. The van der Waals surface area contributed by atoms with Gasteiger partial charge in [-0.05, 0) is 78.9 Å². The molecule has 0 bridgehead atoms. The van der Waals surface area contributed by atoms with E-state index in [4.69, 9.17) is 23.4 Å². The molecule has 1 atom stereocenters. The summed E-state index contributed by atoms with van der Waals surface area (Å²) < 4.78 is 99.7. The molecule has 0 aliphatic carbocycles.